The van der Waals surface area contributed by atoms with Crippen LogP contribution in [-0.4, -0.2) is 61.0 Å². The van der Waals surface area contributed by atoms with Crippen LogP contribution in [0.25, 0.3) is 10.8 Å². The van der Waals surface area contributed by atoms with Crippen LogP contribution >= 0.6 is 15.9 Å². The van der Waals surface area contributed by atoms with Crippen molar-refractivity contribution in [1.82, 2.24) is 15.1 Å². The fourth-order valence-corrected chi connectivity index (χ4v) is 4.94. The number of fused-ring (bicyclic) bond motifs is 1. The second kappa shape index (κ2) is 7.67. The largest absolute Gasteiger partial charge is 0.348 e. The highest BCUT2D eigenvalue weighted by molar-refractivity contribution is 9.10. The summed E-state index contributed by atoms with van der Waals surface area (Å²) in [6.45, 7) is 4.44. The summed E-state index contributed by atoms with van der Waals surface area (Å²) in [5.74, 6) is 0.0396. The van der Waals surface area contributed by atoms with Crippen LogP contribution in [0.1, 0.15) is 29.6 Å². The van der Waals surface area contributed by atoms with Crippen LogP contribution in [-0.2, 0) is 0 Å². The molecular formula is C21H26BrN3O. The van der Waals surface area contributed by atoms with Gasteiger partial charge in [-0.05, 0) is 56.9 Å². The predicted molar refractivity (Wildman–Crippen MR) is 110 cm³/mol. The molecular weight excluding hydrogens is 390 g/mol. The van der Waals surface area contributed by atoms with Crippen LogP contribution in [0.3, 0.4) is 0 Å². The Hall–Kier alpha value is -1.43. The number of amides is 1. The molecule has 2 aliphatic rings. The first-order valence-electron chi connectivity index (χ1n) is 9.52. The topological polar surface area (TPSA) is 35.6 Å². The maximum atomic E-state index is 12.9. The lowest BCUT2D eigenvalue weighted by molar-refractivity contribution is 0.0933. The van der Waals surface area contributed by atoms with Gasteiger partial charge in [-0.25, -0.2) is 0 Å². The normalized spacial score (nSPS) is 22.8. The Morgan fingerprint density at radius 3 is 2.58 bits per heavy atom. The zero-order valence-corrected chi connectivity index (χ0v) is 16.8. The van der Waals surface area contributed by atoms with Crippen LogP contribution in [0, 0.1) is 0 Å². The van der Waals surface area contributed by atoms with Gasteiger partial charge in [0.25, 0.3) is 5.91 Å². The number of carbonyl (C=O) groups is 1. The van der Waals surface area contributed by atoms with Gasteiger partial charge >= 0.3 is 0 Å². The molecule has 138 valence electrons. The van der Waals surface area contributed by atoms with Gasteiger partial charge in [0.2, 0.25) is 0 Å². The first-order valence-corrected chi connectivity index (χ1v) is 10.3. The molecule has 2 heterocycles. The number of hydrogen-bond donors (Lipinski definition) is 1. The van der Waals surface area contributed by atoms with Crippen LogP contribution in [0.2, 0.25) is 0 Å². The monoisotopic (exact) mass is 415 g/mol. The molecule has 0 radical (unpaired) electrons. The minimum atomic E-state index is 0.0396. The van der Waals surface area contributed by atoms with Crippen LogP contribution in [0.15, 0.2) is 40.9 Å². The van der Waals surface area contributed by atoms with Crippen molar-refractivity contribution in [3.63, 3.8) is 0 Å². The van der Waals surface area contributed by atoms with Crippen LogP contribution in [0.4, 0.5) is 0 Å². The van der Waals surface area contributed by atoms with Gasteiger partial charge in [-0.15, -0.1) is 0 Å². The SMILES string of the molecule is CN1CCC(N2CCC(NC(=O)c3cccc4cccc(Br)c34)C2)CC1. The predicted octanol–water partition coefficient (Wildman–Crippen LogP) is 3.50. The number of halogens is 1. The van der Waals surface area contributed by atoms with E-state index in [2.05, 4.69) is 38.1 Å². The molecule has 1 N–H and O–H groups in total. The first-order chi connectivity index (χ1) is 12.6. The molecule has 4 rings (SSSR count). The standard InChI is InChI=1S/C21H26BrN3O/c1-24-11-9-17(10-12-24)25-13-8-16(14-25)23-21(26)18-6-2-4-15-5-3-7-19(22)20(15)18/h2-7,16-17H,8-14H2,1H3,(H,23,26). The van der Waals surface area contributed by atoms with E-state index in [0.29, 0.717) is 6.04 Å². The number of hydrogen-bond acceptors (Lipinski definition) is 3. The Labute approximate surface area is 163 Å². The summed E-state index contributed by atoms with van der Waals surface area (Å²) in [6, 6.07) is 12.9. The highest BCUT2D eigenvalue weighted by atomic mass is 79.9. The number of nitrogens with one attached hydrogen (secondary N) is 1. The third-order valence-corrected chi connectivity index (χ3v) is 6.52. The van der Waals surface area contributed by atoms with E-state index in [4.69, 9.17) is 0 Å². The van der Waals surface area contributed by atoms with E-state index < -0.39 is 0 Å². The zero-order chi connectivity index (χ0) is 18.1. The third kappa shape index (κ3) is 3.66. The smallest absolute Gasteiger partial charge is 0.252 e. The van der Waals surface area contributed by atoms with Crippen LogP contribution in [0.5, 0.6) is 0 Å². The summed E-state index contributed by atoms with van der Waals surface area (Å²) < 4.78 is 0.972. The summed E-state index contributed by atoms with van der Waals surface area (Å²) in [4.78, 5) is 17.9. The van der Waals surface area contributed by atoms with E-state index in [1.165, 1.54) is 25.9 Å². The third-order valence-electron chi connectivity index (χ3n) is 5.86. The fraction of sp³-hybridized carbons (Fsp3) is 0.476. The second-order valence-corrected chi connectivity index (χ2v) is 8.49. The average molecular weight is 416 g/mol. The maximum Gasteiger partial charge on any atom is 0.252 e. The van der Waals surface area contributed by atoms with Crippen molar-refractivity contribution in [3.05, 3.63) is 46.4 Å². The Morgan fingerprint density at radius 1 is 1.08 bits per heavy atom. The van der Waals surface area contributed by atoms with Gasteiger partial charge in [-0.2, -0.15) is 0 Å². The van der Waals surface area contributed by atoms with Crippen molar-refractivity contribution in [1.29, 1.82) is 0 Å². The highest BCUT2D eigenvalue weighted by Gasteiger charge is 2.31. The van der Waals surface area contributed by atoms with E-state index in [1.54, 1.807) is 0 Å². The molecule has 2 aromatic rings. The van der Waals surface area contributed by atoms with E-state index in [1.807, 2.05) is 36.4 Å². The molecule has 0 aliphatic carbocycles. The van der Waals surface area contributed by atoms with Crippen molar-refractivity contribution in [2.75, 3.05) is 33.2 Å². The second-order valence-electron chi connectivity index (χ2n) is 7.63. The minimum Gasteiger partial charge on any atom is -0.348 e. The Bertz CT molecular complexity index is 796. The van der Waals surface area contributed by atoms with Crippen molar-refractivity contribution >= 4 is 32.6 Å². The van der Waals surface area contributed by atoms with Crippen molar-refractivity contribution in [3.8, 4) is 0 Å². The van der Waals surface area contributed by atoms with Gasteiger partial charge in [0.15, 0.2) is 0 Å². The van der Waals surface area contributed by atoms with Gasteiger partial charge in [-0.1, -0.05) is 40.2 Å². The number of nitrogens with zero attached hydrogens (tertiary/aromatic N) is 2. The molecule has 0 bridgehead atoms. The molecule has 4 nitrogen and oxygen atoms in total. The number of rotatable bonds is 3. The molecule has 2 aromatic carbocycles. The molecule has 1 atom stereocenters. The fourth-order valence-electron chi connectivity index (χ4n) is 4.34. The summed E-state index contributed by atoms with van der Waals surface area (Å²) in [5.41, 5.74) is 0.757. The number of likely N-dealkylation sites (tertiary alicyclic amines) is 2. The van der Waals surface area contributed by atoms with Gasteiger partial charge < -0.3 is 10.2 Å². The summed E-state index contributed by atoms with van der Waals surface area (Å²) >= 11 is 3.60. The Kier molecular flexibility index (Phi) is 5.30. The lowest BCUT2D eigenvalue weighted by atomic mass is 10.0. The highest BCUT2D eigenvalue weighted by Crippen LogP contribution is 2.28. The van der Waals surface area contributed by atoms with Gasteiger partial charge in [0.05, 0.1) is 0 Å². The molecule has 1 unspecified atom stereocenters. The van der Waals surface area contributed by atoms with Crippen molar-refractivity contribution < 1.29 is 4.79 Å². The summed E-state index contributed by atoms with van der Waals surface area (Å²) in [6.07, 6.45) is 3.53. The van der Waals surface area contributed by atoms with E-state index in [9.17, 15) is 4.79 Å². The Morgan fingerprint density at radius 2 is 1.81 bits per heavy atom. The van der Waals surface area contributed by atoms with Crippen LogP contribution < -0.4 is 5.32 Å². The molecule has 0 saturated carbocycles. The lowest BCUT2D eigenvalue weighted by Crippen LogP contribution is -2.44. The maximum absolute atomic E-state index is 12.9. The summed E-state index contributed by atoms with van der Waals surface area (Å²) in [5, 5.41) is 5.37. The lowest BCUT2D eigenvalue weighted by Gasteiger charge is -2.35. The van der Waals surface area contributed by atoms with E-state index in [-0.39, 0.29) is 11.9 Å². The number of carbonyl (C=O) groups excluding carboxylic acids is 1. The first kappa shape index (κ1) is 18.0. The molecule has 2 saturated heterocycles. The van der Waals surface area contributed by atoms with Crippen molar-refractivity contribution in [2.45, 2.75) is 31.3 Å². The number of piperidine rings is 1. The average Bonchev–Trinajstić information content (AvgIpc) is 3.10. The molecule has 26 heavy (non-hydrogen) atoms. The quantitative estimate of drug-likeness (QED) is 0.832. The van der Waals surface area contributed by atoms with E-state index in [0.717, 1.165) is 40.3 Å². The van der Waals surface area contributed by atoms with Gasteiger partial charge in [-0.3, -0.25) is 9.69 Å². The zero-order valence-electron chi connectivity index (χ0n) is 15.2. The van der Waals surface area contributed by atoms with Gasteiger partial charge in [0.1, 0.15) is 0 Å². The molecule has 1 amide bonds. The minimum absolute atomic E-state index is 0.0396. The molecule has 0 spiro atoms. The molecule has 2 aliphatic heterocycles. The molecule has 2 fully saturated rings. The number of benzene rings is 2. The Balaban J connectivity index is 1.43. The molecule has 0 aromatic heterocycles. The molecule has 5 heteroatoms. The van der Waals surface area contributed by atoms with E-state index >= 15 is 0 Å². The van der Waals surface area contributed by atoms with Crippen molar-refractivity contribution in [2.24, 2.45) is 0 Å². The summed E-state index contributed by atoms with van der Waals surface area (Å²) in [7, 11) is 2.20. The van der Waals surface area contributed by atoms with Gasteiger partial charge in [0, 0.05) is 40.6 Å².